The van der Waals surface area contributed by atoms with Crippen LogP contribution in [0.2, 0.25) is 0 Å². The summed E-state index contributed by atoms with van der Waals surface area (Å²) < 4.78 is 2.01. The Morgan fingerprint density at radius 3 is 2.86 bits per heavy atom. The van der Waals surface area contributed by atoms with E-state index in [1.54, 1.807) is 0 Å². The molecule has 1 N–H and O–H groups in total. The summed E-state index contributed by atoms with van der Waals surface area (Å²) in [5, 5.41) is 2.96. The number of benzene rings is 1. The van der Waals surface area contributed by atoms with E-state index in [0.717, 1.165) is 28.9 Å². The number of rotatable bonds is 4. The first-order valence-corrected chi connectivity index (χ1v) is 7.41. The van der Waals surface area contributed by atoms with Crippen molar-refractivity contribution in [3.8, 4) is 0 Å². The number of nitrogens with one attached hydrogen (secondary N) is 1. The summed E-state index contributed by atoms with van der Waals surface area (Å²) in [5.74, 6) is -0.0299. The fourth-order valence-corrected chi connectivity index (χ4v) is 2.48. The first-order valence-electron chi connectivity index (χ1n) is 7.41. The van der Waals surface area contributed by atoms with Gasteiger partial charge in [-0.1, -0.05) is 18.2 Å². The molecule has 3 rings (SSSR count). The molecule has 2 aromatic heterocycles. The van der Waals surface area contributed by atoms with Gasteiger partial charge in [0.2, 0.25) is 0 Å². The summed E-state index contributed by atoms with van der Waals surface area (Å²) in [5.41, 5.74) is 4.84. The Morgan fingerprint density at radius 1 is 1.23 bits per heavy atom. The van der Waals surface area contributed by atoms with Gasteiger partial charge in [-0.3, -0.25) is 4.79 Å². The second-order valence-corrected chi connectivity index (χ2v) is 5.52. The lowest BCUT2D eigenvalue weighted by Gasteiger charge is -2.06. The summed E-state index contributed by atoms with van der Waals surface area (Å²) in [7, 11) is 0. The molecule has 0 aliphatic rings. The summed E-state index contributed by atoms with van der Waals surface area (Å²) in [6.45, 7) is 4.58. The third-order valence-corrected chi connectivity index (χ3v) is 3.72. The van der Waals surface area contributed by atoms with Gasteiger partial charge in [0.05, 0.1) is 5.69 Å². The van der Waals surface area contributed by atoms with Crippen molar-refractivity contribution in [3.63, 3.8) is 0 Å². The highest BCUT2D eigenvalue weighted by atomic mass is 16.1. The number of hydrogen-bond donors (Lipinski definition) is 1. The molecule has 22 heavy (non-hydrogen) atoms. The van der Waals surface area contributed by atoms with Crippen LogP contribution in [0.4, 0.5) is 0 Å². The van der Waals surface area contributed by atoms with Gasteiger partial charge in [0, 0.05) is 30.9 Å². The van der Waals surface area contributed by atoms with E-state index in [1.165, 1.54) is 5.56 Å². The fourth-order valence-electron chi connectivity index (χ4n) is 2.48. The van der Waals surface area contributed by atoms with Crippen molar-refractivity contribution in [1.29, 1.82) is 0 Å². The standard InChI is InChI=1S/C18H19N3O/c1-13-8-10-21-12-15(20-17(21)11-13)7-9-19-18(22)16-6-4-3-5-14(16)2/h3-6,8,10-12H,7,9H2,1-2H3,(H,19,22). The summed E-state index contributed by atoms with van der Waals surface area (Å²) >= 11 is 0. The van der Waals surface area contributed by atoms with Crippen LogP contribution in [0.15, 0.2) is 48.8 Å². The van der Waals surface area contributed by atoms with Gasteiger partial charge in [0.1, 0.15) is 5.65 Å². The number of fused-ring (bicyclic) bond motifs is 1. The lowest BCUT2D eigenvalue weighted by Crippen LogP contribution is -2.26. The molecule has 112 valence electrons. The molecule has 0 unspecified atom stereocenters. The largest absolute Gasteiger partial charge is 0.352 e. The van der Waals surface area contributed by atoms with Crippen molar-refractivity contribution in [3.05, 3.63) is 71.2 Å². The van der Waals surface area contributed by atoms with E-state index in [2.05, 4.69) is 29.4 Å². The number of aromatic nitrogens is 2. The average Bonchev–Trinajstić information content (AvgIpc) is 2.89. The molecule has 4 heteroatoms. The van der Waals surface area contributed by atoms with Gasteiger partial charge in [-0.25, -0.2) is 4.98 Å². The zero-order valence-electron chi connectivity index (χ0n) is 12.8. The minimum Gasteiger partial charge on any atom is -0.352 e. The Hall–Kier alpha value is -2.62. The Morgan fingerprint density at radius 2 is 2.05 bits per heavy atom. The second-order valence-electron chi connectivity index (χ2n) is 5.52. The Balaban J connectivity index is 1.62. The molecular weight excluding hydrogens is 274 g/mol. The maximum absolute atomic E-state index is 12.1. The quantitative estimate of drug-likeness (QED) is 0.804. The molecule has 4 nitrogen and oxygen atoms in total. The highest BCUT2D eigenvalue weighted by Gasteiger charge is 2.08. The third-order valence-electron chi connectivity index (χ3n) is 3.72. The topological polar surface area (TPSA) is 46.4 Å². The Labute approximate surface area is 129 Å². The van der Waals surface area contributed by atoms with Crippen molar-refractivity contribution in [2.45, 2.75) is 20.3 Å². The Kier molecular flexibility index (Phi) is 3.92. The van der Waals surface area contributed by atoms with Gasteiger partial charge < -0.3 is 9.72 Å². The minimum atomic E-state index is -0.0299. The average molecular weight is 293 g/mol. The smallest absolute Gasteiger partial charge is 0.251 e. The normalized spacial score (nSPS) is 10.8. The van der Waals surface area contributed by atoms with Crippen molar-refractivity contribution in [2.24, 2.45) is 0 Å². The monoisotopic (exact) mass is 293 g/mol. The van der Waals surface area contributed by atoms with Gasteiger partial charge >= 0.3 is 0 Å². The van der Waals surface area contributed by atoms with Crippen molar-refractivity contribution >= 4 is 11.6 Å². The zero-order chi connectivity index (χ0) is 15.5. The maximum atomic E-state index is 12.1. The first kappa shape index (κ1) is 14.3. The molecule has 3 aromatic rings. The van der Waals surface area contributed by atoms with Gasteiger partial charge in [0.25, 0.3) is 5.91 Å². The van der Waals surface area contributed by atoms with Crippen LogP contribution in [0.3, 0.4) is 0 Å². The Bertz CT molecular complexity index is 820. The molecule has 0 spiro atoms. The van der Waals surface area contributed by atoms with Crippen molar-refractivity contribution < 1.29 is 4.79 Å². The van der Waals surface area contributed by atoms with Crippen molar-refractivity contribution in [2.75, 3.05) is 6.54 Å². The van der Waals surface area contributed by atoms with Crippen LogP contribution >= 0.6 is 0 Å². The van der Waals surface area contributed by atoms with Gasteiger partial charge in [-0.2, -0.15) is 0 Å². The van der Waals surface area contributed by atoms with E-state index in [1.807, 2.05) is 48.0 Å². The van der Waals surface area contributed by atoms with E-state index in [0.29, 0.717) is 6.54 Å². The lowest BCUT2D eigenvalue weighted by atomic mass is 10.1. The number of hydrogen-bond acceptors (Lipinski definition) is 2. The molecule has 2 heterocycles. The number of imidazole rings is 1. The molecule has 0 bridgehead atoms. The third kappa shape index (κ3) is 3.01. The molecular formula is C18H19N3O. The molecule has 0 aliphatic carbocycles. The number of nitrogens with zero attached hydrogens (tertiary/aromatic N) is 2. The molecule has 0 saturated carbocycles. The van der Waals surface area contributed by atoms with Crippen LogP contribution in [0.25, 0.3) is 5.65 Å². The molecule has 0 fully saturated rings. The second kappa shape index (κ2) is 6.02. The van der Waals surface area contributed by atoms with Crippen LogP contribution in [0.1, 0.15) is 27.2 Å². The van der Waals surface area contributed by atoms with E-state index >= 15 is 0 Å². The minimum absolute atomic E-state index is 0.0299. The molecule has 0 aliphatic heterocycles. The molecule has 1 amide bonds. The number of carbonyl (C=O) groups excluding carboxylic acids is 1. The number of amides is 1. The number of aryl methyl sites for hydroxylation is 2. The zero-order valence-corrected chi connectivity index (χ0v) is 12.8. The predicted molar refractivity (Wildman–Crippen MR) is 87.1 cm³/mol. The molecule has 0 atom stereocenters. The van der Waals surface area contributed by atoms with E-state index < -0.39 is 0 Å². The SMILES string of the molecule is Cc1ccn2cc(CCNC(=O)c3ccccc3C)nc2c1. The van der Waals surface area contributed by atoms with Crippen LogP contribution in [-0.4, -0.2) is 21.8 Å². The van der Waals surface area contributed by atoms with E-state index in [-0.39, 0.29) is 5.91 Å². The van der Waals surface area contributed by atoms with E-state index in [9.17, 15) is 4.79 Å². The number of carbonyl (C=O) groups is 1. The van der Waals surface area contributed by atoms with E-state index in [4.69, 9.17) is 0 Å². The van der Waals surface area contributed by atoms with Gasteiger partial charge in [-0.05, 0) is 43.2 Å². The fraction of sp³-hybridized carbons (Fsp3) is 0.222. The van der Waals surface area contributed by atoms with Gasteiger partial charge in [-0.15, -0.1) is 0 Å². The molecule has 0 radical (unpaired) electrons. The van der Waals surface area contributed by atoms with Crippen LogP contribution in [0, 0.1) is 13.8 Å². The van der Waals surface area contributed by atoms with Crippen LogP contribution in [0.5, 0.6) is 0 Å². The lowest BCUT2D eigenvalue weighted by molar-refractivity contribution is 0.0953. The summed E-state index contributed by atoms with van der Waals surface area (Å²) in [6, 6.07) is 11.7. The van der Waals surface area contributed by atoms with Gasteiger partial charge in [0.15, 0.2) is 0 Å². The highest BCUT2D eigenvalue weighted by Crippen LogP contribution is 2.09. The first-order chi connectivity index (χ1) is 10.6. The number of pyridine rings is 1. The maximum Gasteiger partial charge on any atom is 0.251 e. The molecule has 0 saturated heterocycles. The van der Waals surface area contributed by atoms with Crippen molar-refractivity contribution in [1.82, 2.24) is 14.7 Å². The summed E-state index contributed by atoms with van der Waals surface area (Å²) in [4.78, 5) is 16.7. The summed E-state index contributed by atoms with van der Waals surface area (Å²) in [6.07, 6.45) is 4.74. The highest BCUT2D eigenvalue weighted by molar-refractivity contribution is 5.95. The van der Waals surface area contributed by atoms with Crippen LogP contribution < -0.4 is 5.32 Å². The predicted octanol–water partition coefficient (Wildman–Crippen LogP) is 2.92. The van der Waals surface area contributed by atoms with Crippen LogP contribution in [-0.2, 0) is 6.42 Å². The molecule has 1 aromatic carbocycles.